The van der Waals surface area contributed by atoms with E-state index in [0.29, 0.717) is 6.42 Å². The summed E-state index contributed by atoms with van der Waals surface area (Å²) in [6.07, 6.45) is 3.49. The standard InChI is InChI=1S/C14H17BrN2O4S/c1-22(19,20)17-6-3-7-21-13(18)8-10-9-16-12-5-2-4-11(15)14(10)12/h2,4-5,9,16-17H,3,6-8H2,1H3. The van der Waals surface area contributed by atoms with Gasteiger partial charge in [0.1, 0.15) is 0 Å². The molecule has 0 saturated carbocycles. The summed E-state index contributed by atoms with van der Waals surface area (Å²) in [5.41, 5.74) is 1.82. The van der Waals surface area contributed by atoms with Crippen molar-refractivity contribution in [3.05, 3.63) is 34.4 Å². The van der Waals surface area contributed by atoms with Gasteiger partial charge in [0.25, 0.3) is 0 Å². The third-order valence-corrected chi connectivity index (χ3v) is 4.41. The molecule has 0 fully saturated rings. The third-order valence-electron chi connectivity index (χ3n) is 3.02. The molecule has 0 aliphatic rings. The minimum Gasteiger partial charge on any atom is -0.465 e. The molecule has 0 amide bonds. The van der Waals surface area contributed by atoms with Crippen molar-refractivity contribution in [3.63, 3.8) is 0 Å². The lowest BCUT2D eigenvalue weighted by Gasteiger charge is -2.05. The highest BCUT2D eigenvalue weighted by atomic mass is 79.9. The van der Waals surface area contributed by atoms with Gasteiger partial charge in [0.15, 0.2) is 0 Å². The highest BCUT2D eigenvalue weighted by molar-refractivity contribution is 9.10. The normalized spacial score (nSPS) is 11.7. The lowest BCUT2D eigenvalue weighted by Crippen LogP contribution is -2.24. The number of hydrogen-bond acceptors (Lipinski definition) is 4. The van der Waals surface area contributed by atoms with E-state index >= 15 is 0 Å². The van der Waals surface area contributed by atoms with Crippen LogP contribution in [-0.2, 0) is 26.0 Å². The molecular weight excluding hydrogens is 372 g/mol. The number of hydrogen-bond donors (Lipinski definition) is 2. The quantitative estimate of drug-likeness (QED) is 0.560. The molecule has 0 atom stereocenters. The van der Waals surface area contributed by atoms with Crippen LogP contribution in [-0.4, -0.2) is 38.8 Å². The number of ether oxygens (including phenoxy) is 1. The number of sulfonamides is 1. The summed E-state index contributed by atoms with van der Waals surface area (Å²) in [6, 6.07) is 5.77. The van der Waals surface area contributed by atoms with Crippen LogP contribution in [0.15, 0.2) is 28.9 Å². The highest BCUT2D eigenvalue weighted by Gasteiger charge is 2.12. The summed E-state index contributed by atoms with van der Waals surface area (Å²) in [5, 5.41) is 0.971. The molecule has 2 N–H and O–H groups in total. The maximum absolute atomic E-state index is 11.8. The van der Waals surface area contributed by atoms with Crippen molar-refractivity contribution in [1.82, 2.24) is 9.71 Å². The van der Waals surface area contributed by atoms with E-state index in [1.165, 1.54) is 0 Å². The summed E-state index contributed by atoms with van der Waals surface area (Å²) in [7, 11) is -3.19. The zero-order valence-electron chi connectivity index (χ0n) is 12.1. The zero-order valence-corrected chi connectivity index (χ0v) is 14.5. The second-order valence-electron chi connectivity index (χ2n) is 4.89. The number of esters is 1. The van der Waals surface area contributed by atoms with Gasteiger partial charge in [-0.1, -0.05) is 22.0 Å². The fourth-order valence-electron chi connectivity index (χ4n) is 2.07. The van der Waals surface area contributed by atoms with Gasteiger partial charge in [-0.15, -0.1) is 0 Å². The molecule has 0 radical (unpaired) electrons. The van der Waals surface area contributed by atoms with Crippen LogP contribution < -0.4 is 4.72 Å². The average molecular weight is 389 g/mol. The summed E-state index contributed by atoms with van der Waals surface area (Å²) < 4.78 is 30.1. The lowest BCUT2D eigenvalue weighted by atomic mass is 10.1. The Labute approximate surface area is 137 Å². The molecule has 0 unspecified atom stereocenters. The van der Waals surface area contributed by atoms with E-state index < -0.39 is 10.0 Å². The van der Waals surface area contributed by atoms with Gasteiger partial charge in [0.05, 0.1) is 19.3 Å². The van der Waals surface area contributed by atoms with Crippen LogP contribution in [0.4, 0.5) is 0 Å². The molecule has 2 aromatic rings. The molecule has 1 heterocycles. The van der Waals surface area contributed by atoms with Crippen LogP contribution in [0, 0.1) is 0 Å². The Morgan fingerprint density at radius 2 is 2.18 bits per heavy atom. The maximum Gasteiger partial charge on any atom is 0.310 e. The van der Waals surface area contributed by atoms with Gasteiger partial charge >= 0.3 is 5.97 Å². The number of H-pyrrole nitrogens is 1. The van der Waals surface area contributed by atoms with Crippen molar-refractivity contribution in [2.75, 3.05) is 19.4 Å². The van der Waals surface area contributed by atoms with Crippen LogP contribution in [0.5, 0.6) is 0 Å². The summed E-state index contributed by atoms with van der Waals surface area (Å²) in [6.45, 7) is 0.440. The van der Waals surface area contributed by atoms with E-state index in [2.05, 4.69) is 25.6 Å². The second-order valence-corrected chi connectivity index (χ2v) is 7.58. The Balaban J connectivity index is 1.84. The van der Waals surface area contributed by atoms with E-state index in [4.69, 9.17) is 4.74 Å². The molecule has 120 valence electrons. The van der Waals surface area contributed by atoms with Gasteiger partial charge in [-0.3, -0.25) is 4.79 Å². The number of rotatable bonds is 7. The number of nitrogens with one attached hydrogen (secondary N) is 2. The van der Waals surface area contributed by atoms with Gasteiger partial charge in [0.2, 0.25) is 10.0 Å². The van der Waals surface area contributed by atoms with E-state index in [0.717, 1.165) is 27.2 Å². The fraction of sp³-hybridized carbons (Fsp3) is 0.357. The van der Waals surface area contributed by atoms with Crippen molar-refractivity contribution in [2.24, 2.45) is 0 Å². The van der Waals surface area contributed by atoms with E-state index in [-0.39, 0.29) is 25.5 Å². The van der Waals surface area contributed by atoms with E-state index in [1.807, 2.05) is 18.2 Å². The molecule has 0 aliphatic carbocycles. The van der Waals surface area contributed by atoms with Gasteiger partial charge < -0.3 is 9.72 Å². The number of aromatic amines is 1. The van der Waals surface area contributed by atoms with Crippen LogP contribution in [0.1, 0.15) is 12.0 Å². The Bertz CT molecular complexity index is 770. The first-order chi connectivity index (χ1) is 10.4. The Hall–Kier alpha value is -1.38. The van der Waals surface area contributed by atoms with Crippen molar-refractivity contribution >= 4 is 42.8 Å². The molecule has 1 aromatic heterocycles. The molecule has 0 saturated heterocycles. The summed E-state index contributed by atoms with van der Waals surface area (Å²) in [5.74, 6) is -0.337. The second kappa shape index (κ2) is 7.26. The van der Waals surface area contributed by atoms with Crippen LogP contribution in [0.3, 0.4) is 0 Å². The average Bonchev–Trinajstić information content (AvgIpc) is 2.81. The Morgan fingerprint density at radius 3 is 2.91 bits per heavy atom. The van der Waals surface area contributed by atoms with Crippen LogP contribution in [0.25, 0.3) is 10.9 Å². The van der Waals surface area contributed by atoms with Crippen LogP contribution >= 0.6 is 15.9 Å². The SMILES string of the molecule is CS(=O)(=O)NCCCOC(=O)Cc1c[nH]c2cccc(Br)c12. The third kappa shape index (κ3) is 4.82. The first kappa shape index (κ1) is 17.0. The number of carbonyl (C=O) groups excluding carboxylic acids is 1. The molecule has 0 bridgehead atoms. The minimum atomic E-state index is -3.19. The van der Waals surface area contributed by atoms with Gasteiger partial charge in [-0.25, -0.2) is 13.1 Å². The molecule has 0 aliphatic heterocycles. The van der Waals surface area contributed by atoms with Gasteiger partial charge in [-0.2, -0.15) is 0 Å². The molecule has 1 aromatic carbocycles. The predicted octanol–water partition coefficient (Wildman–Crippen LogP) is 1.96. The number of carbonyl (C=O) groups is 1. The molecule has 2 rings (SSSR count). The Morgan fingerprint density at radius 1 is 1.41 bits per heavy atom. The molecule has 0 spiro atoms. The first-order valence-corrected chi connectivity index (χ1v) is 9.40. The van der Waals surface area contributed by atoms with Crippen LogP contribution in [0.2, 0.25) is 0 Å². The number of halogens is 1. The number of benzene rings is 1. The van der Waals surface area contributed by atoms with E-state index in [1.54, 1.807) is 6.20 Å². The van der Waals surface area contributed by atoms with Crippen molar-refractivity contribution < 1.29 is 17.9 Å². The van der Waals surface area contributed by atoms with Crippen molar-refractivity contribution in [3.8, 4) is 0 Å². The Kier molecular flexibility index (Phi) is 5.60. The monoisotopic (exact) mass is 388 g/mol. The maximum atomic E-state index is 11.8. The number of fused-ring (bicyclic) bond motifs is 1. The molecule has 8 heteroatoms. The van der Waals surface area contributed by atoms with E-state index in [9.17, 15) is 13.2 Å². The smallest absolute Gasteiger partial charge is 0.310 e. The van der Waals surface area contributed by atoms with Gasteiger partial charge in [-0.05, 0) is 24.1 Å². The molecule has 6 nitrogen and oxygen atoms in total. The largest absolute Gasteiger partial charge is 0.465 e. The molecular formula is C14H17BrN2O4S. The summed E-state index contributed by atoms with van der Waals surface area (Å²) in [4.78, 5) is 14.9. The summed E-state index contributed by atoms with van der Waals surface area (Å²) >= 11 is 3.47. The lowest BCUT2D eigenvalue weighted by molar-refractivity contribution is -0.142. The van der Waals surface area contributed by atoms with Crippen molar-refractivity contribution in [1.29, 1.82) is 0 Å². The minimum absolute atomic E-state index is 0.169. The number of aromatic nitrogens is 1. The first-order valence-electron chi connectivity index (χ1n) is 6.71. The predicted molar refractivity (Wildman–Crippen MR) is 88.1 cm³/mol. The highest BCUT2D eigenvalue weighted by Crippen LogP contribution is 2.27. The van der Waals surface area contributed by atoms with Gasteiger partial charge in [0, 0.05) is 28.1 Å². The fourth-order valence-corrected chi connectivity index (χ4v) is 3.21. The molecule has 22 heavy (non-hydrogen) atoms. The zero-order chi connectivity index (χ0) is 16.2. The van der Waals surface area contributed by atoms with Crippen molar-refractivity contribution in [2.45, 2.75) is 12.8 Å². The topological polar surface area (TPSA) is 88.3 Å².